The number of fused-ring (bicyclic) bond motifs is 3. The van der Waals surface area contributed by atoms with Crippen molar-refractivity contribution in [3.63, 3.8) is 0 Å². The molecule has 2 aromatic carbocycles. The Kier molecular flexibility index (Phi) is 3.09. The molecule has 0 nitrogen and oxygen atoms in total. The molecule has 3 aliphatic heterocycles. The van der Waals surface area contributed by atoms with E-state index in [0.717, 1.165) is 0 Å². The van der Waals surface area contributed by atoms with Gasteiger partial charge in [0.05, 0.1) is 31.9 Å². The Bertz CT molecular complexity index is 513. The van der Waals surface area contributed by atoms with Crippen molar-refractivity contribution in [1.29, 1.82) is 0 Å². The Labute approximate surface area is 123 Å². The number of hydrogen-bond donors (Lipinski definition) is 0. The van der Waals surface area contributed by atoms with Crippen molar-refractivity contribution in [1.82, 2.24) is 0 Å². The molecule has 3 fully saturated rings. The van der Waals surface area contributed by atoms with Crippen LogP contribution in [0.4, 0.5) is 0 Å². The molecular formula is C18H22PSi+. The third-order valence-corrected chi connectivity index (χ3v) is 16.8. The zero-order valence-electron chi connectivity index (χ0n) is 12.0. The Balaban J connectivity index is 1.64. The number of hydrogen-bond acceptors (Lipinski definition) is 0. The highest BCUT2D eigenvalue weighted by molar-refractivity contribution is 7.84. The quantitative estimate of drug-likeness (QED) is 0.585. The molecule has 3 aliphatic rings. The molecule has 0 radical (unpaired) electrons. The second-order valence-electron chi connectivity index (χ2n) is 6.55. The van der Waals surface area contributed by atoms with Crippen molar-refractivity contribution < 1.29 is 0 Å². The van der Waals surface area contributed by atoms with Gasteiger partial charge in [0.25, 0.3) is 0 Å². The molecule has 0 atom stereocenters. The summed E-state index contributed by atoms with van der Waals surface area (Å²) in [4.78, 5) is 0. The average Bonchev–Trinajstić information content (AvgIpc) is 2.58. The van der Waals surface area contributed by atoms with Crippen LogP contribution in [0.1, 0.15) is 0 Å². The third-order valence-electron chi connectivity index (χ3n) is 5.75. The Morgan fingerprint density at radius 2 is 1.15 bits per heavy atom. The van der Waals surface area contributed by atoms with Gasteiger partial charge >= 0.3 is 0 Å². The normalized spacial score (nSPS) is 32.2. The Morgan fingerprint density at radius 1 is 0.650 bits per heavy atom. The highest BCUT2D eigenvalue weighted by Crippen LogP contribution is 2.67. The summed E-state index contributed by atoms with van der Waals surface area (Å²) in [6.45, 7) is 0. The fraction of sp³-hybridized carbons (Fsp3) is 0.333. The third kappa shape index (κ3) is 1.91. The molecule has 3 heterocycles. The number of benzene rings is 2. The number of rotatable bonds is 2. The summed E-state index contributed by atoms with van der Waals surface area (Å²) in [6, 6.07) is 27.7. The average molecular weight is 297 g/mol. The van der Waals surface area contributed by atoms with E-state index in [1.807, 2.05) is 0 Å². The van der Waals surface area contributed by atoms with E-state index in [-0.39, 0.29) is 0 Å². The van der Waals surface area contributed by atoms with Gasteiger partial charge in [-0.2, -0.15) is 0 Å². The first-order chi connectivity index (χ1) is 9.83. The summed E-state index contributed by atoms with van der Waals surface area (Å²) in [5.74, 6) is 0. The van der Waals surface area contributed by atoms with E-state index in [4.69, 9.17) is 0 Å². The lowest BCUT2D eigenvalue weighted by molar-refractivity contribution is 1.09. The van der Waals surface area contributed by atoms with Gasteiger partial charge in [0.15, 0.2) is 0 Å². The minimum Gasteiger partial charge on any atom is -0.0630 e. The SMILES string of the molecule is c1ccc([Si]23CC[P+](c4ccccc4)(CC2)CC3)cc1. The smallest absolute Gasteiger partial charge is 0.0630 e. The van der Waals surface area contributed by atoms with Crippen molar-refractivity contribution in [3.05, 3.63) is 60.7 Å². The second-order valence-corrected chi connectivity index (χ2v) is 15.3. The van der Waals surface area contributed by atoms with Gasteiger partial charge in [-0.15, -0.1) is 0 Å². The second kappa shape index (κ2) is 4.82. The van der Waals surface area contributed by atoms with E-state index in [0.29, 0.717) is 0 Å². The van der Waals surface area contributed by atoms with E-state index >= 15 is 0 Å². The molecule has 5 rings (SSSR count). The molecule has 0 amide bonds. The zero-order valence-corrected chi connectivity index (χ0v) is 13.9. The molecule has 0 spiro atoms. The lowest BCUT2D eigenvalue weighted by Crippen LogP contribution is -2.56. The van der Waals surface area contributed by atoms with E-state index in [1.165, 1.54) is 18.5 Å². The van der Waals surface area contributed by atoms with Gasteiger partial charge in [-0.1, -0.05) is 53.7 Å². The van der Waals surface area contributed by atoms with E-state index in [2.05, 4.69) is 60.7 Å². The van der Waals surface area contributed by atoms with Crippen molar-refractivity contribution in [2.45, 2.75) is 18.1 Å². The van der Waals surface area contributed by atoms with Crippen LogP contribution in [0.25, 0.3) is 0 Å². The fourth-order valence-electron chi connectivity index (χ4n) is 4.35. The summed E-state index contributed by atoms with van der Waals surface area (Å²) in [5, 5.41) is 3.46. The van der Waals surface area contributed by atoms with Crippen LogP contribution in [0.15, 0.2) is 60.7 Å². The first kappa shape index (κ1) is 12.8. The van der Waals surface area contributed by atoms with Gasteiger partial charge in [0, 0.05) is 7.26 Å². The molecular weight excluding hydrogens is 275 g/mol. The summed E-state index contributed by atoms with van der Waals surface area (Å²) >= 11 is 0. The summed E-state index contributed by atoms with van der Waals surface area (Å²) in [6.07, 6.45) is 4.62. The molecule has 2 aromatic rings. The van der Waals surface area contributed by atoms with Crippen LogP contribution in [0.3, 0.4) is 0 Å². The van der Waals surface area contributed by atoms with E-state index in [1.54, 1.807) is 28.6 Å². The van der Waals surface area contributed by atoms with E-state index < -0.39 is 15.3 Å². The van der Waals surface area contributed by atoms with Crippen LogP contribution in [0.2, 0.25) is 18.1 Å². The molecule has 2 heteroatoms. The molecule has 0 saturated carbocycles. The van der Waals surface area contributed by atoms with Crippen LogP contribution in [-0.4, -0.2) is 26.6 Å². The first-order valence-electron chi connectivity index (χ1n) is 7.80. The summed E-state index contributed by atoms with van der Waals surface area (Å²) in [7, 11) is -1.90. The van der Waals surface area contributed by atoms with Gasteiger partial charge in [0.1, 0.15) is 0 Å². The maximum atomic E-state index is 2.42. The Morgan fingerprint density at radius 3 is 1.70 bits per heavy atom. The molecule has 3 saturated heterocycles. The molecule has 2 bridgehead atoms. The minimum absolute atomic E-state index is 0.786. The predicted molar refractivity (Wildman–Crippen MR) is 93.8 cm³/mol. The van der Waals surface area contributed by atoms with E-state index in [9.17, 15) is 0 Å². The molecule has 0 unspecified atom stereocenters. The maximum absolute atomic E-state index is 2.42. The molecule has 0 aromatic heterocycles. The van der Waals surface area contributed by atoms with Crippen molar-refractivity contribution in [2.75, 3.05) is 18.5 Å². The standard InChI is InChI=1S/C18H22PSi/c1-3-7-17(8-4-1)19-11-14-20(15-12-19,16-13-19)18-9-5-2-6-10-18/h1-10H,11-16H2/q+1. The van der Waals surface area contributed by atoms with Crippen molar-refractivity contribution in [2.24, 2.45) is 0 Å². The van der Waals surface area contributed by atoms with Gasteiger partial charge in [-0.3, -0.25) is 0 Å². The van der Waals surface area contributed by atoms with Crippen LogP contribution in [-0.2, 0) is 0 Å². The van der Waals surface area contributed by atoms with Gasteiger partial charge in [-0.25, -0.2) is 0 Å². The molecule has 0 N–H and O–H groups in total. The molecule has 102 valence electrons. The minimum atomic E-state index is -1.12. The van der Waals surface area contributed by atoms with Crippen LogP contribution in [0, 0.1) is 0 Å². The summed E-state index contributed by atoms with van der Waals surface area (Å²) in [5.41, 5.74) is 0. The zero-order chi connectivity index (χ0) is 13.5. The van der Waals surface area contributed by atoms with Gasteiger partial charge in [0.2, 0.25) is 0 Å². The highest BCUT2D eigenvalue weighted by Gasteiger charge is 2.56. The monoisotopic (exact) mass is 297 g/mol. The topological polar surface area (TPSA) is 0 Å². The van der Waals surface area contributed by atoms with Crippen LogP contribution in [0.5, 0.6) is 0 Å². The fourth-order valence-corrected chi connectivity index (χ4v) is 19.4. The largest absolute Gasteiger partial charge is 0.0973 e. The van der Waals surface area contributed by atoms with Gasteiger partial charge < -0.3 is 0 Å². The Hall–Kier alpha value is -0.913. The predicted octanol–water partition coefficient (Wildman–Crippen LogP) is 3.71. The van der Waals surface area contributed by atoms with Crippen molar-refractivity contribution in [3.8, 4) is 0 Å². The lowest BCUT2D eigenvalue weighted by Gasteiger charge is -2.47. The molecule has 20 heavy (non-hydrogen) atoms. The van der Waals surface area contributed by atoms with Crippen LogP contribution < -0.4 is 10.5 Å². The first-order valence-corrected chi connectivity index (χ1v) is 12.8. The maximum Gasteiger partial charge on any atom is 0.0973 e. The highest BCUT2D eigenvalue weighted by atomic mass is 31.2. The van der Waals surface area contributed by atoms with Crippen LogP contribution >= 0.6 is 7.26 Å². The van der Waals surface area contributed by atoms with Gasteiger partial charge in [-0.05, 0) is 30.3 Å². The lowest BCUT2D eigenvalue weighted by atomic mass is 10.4. The summed E-state index contributed by atoms with van der Waals surface area (Å²) < 4.78 is 0. The van der Waals surface area contributed by atoms with Crippen molar-refractivity contribution >= 4 is 25.8 Å². The molecule has 0 aliphatic carbocycles.